The zero-order valence-corrected chi connectivity index (χ0v) is 13.7. The van der Waals surface area contributed by atoms with E-state index in [1.165, 1.54) is 0 Å². The minimum Gasteiger partial charge on any atom is -0.480 e. The summed E-state index contributed by atoms with van der Waals surface area (Å²) in [6.45, 7) is -0.819. The van der Waals surface area contributed by atoms with E-state index in [0.717, 1.165) is 0 Å². The second-order valence-corrected chi connectivity index (χ2v) is 5.05. The van der Waals surface area contributed by atoms with Crippen LogP contribution in [0.15, 0.2) is 0 Å². The smallest absolute Gasteiger partial charge is 0.326 e. The normalized spacial score (nSPS) is 12.6. The van der Waals surface area contributed by atoms with Gasteiger partial charge in [0.1, 0.15) is 12.1 Å². The molecule has 0 radical (unpaired) electrons. The van der Waals surface area contributed by atoms with Gasteiger partial charge in [0.2, 0.25) is 23.6 Å². The summed E-state index contributed by atoms with van der Waals surface area (Å²) in [6, 6.07) is -2.29. The SMILES string of the molecule is NCC(=O)NC(CS)C(=O)NCC(=O)NC(CCC(N)=O)C(=O)O. The van der Waals surface area contributed by atoms with E-state index in [2.05, 4.69) is 28.6 Å². The van der Waals surface area contributed by atoms with E-state index in [1.54, 1.807) is 0 Å². The Balaban J connectivity index is 4.43. The van der Waals surface area contributed by atoms with Crippen molar-refractivity contribution in [2.24, 2.45) is 11.5 Å². The summed E-state index contributed by atoms with van der Waals surface area (Å²) in [5.74, 6) is -4.06. The molecular formula is C12H21N5O6S. The maximum absolute atomic E-state index is 11.8. The van der Waals surface area contributed by atoms with Gasteiger partial charge in [-0.05, 0) is 6.42 Å². The molecule has 24 heavy (non-hydrogen) atoms. The van der Waals surface area contributed by atoms with E-state index in [9.17, 15) is 24.0 Å². The highest BCUT2D eigenvalue weighted by Crippen LogP contribution is 1.97. The van der Waals surface area contributed by atoms with Crippen molar-refractivity contribution >= 4 is 42.2 Å². The zero-order valence-electron chi connectivity index (χ0n) is 12.8. The number of carbonyl (C=O) groups excluding carboxylic acids is 4. The number of amides is 4. The van der Waals surface area contributed by atoms with Crippen molar-refractivity contribution in [2.75, 3.05) is 18.8 Å². The Morgan fingerprint density at radius 3 is 2.08 bits per heavy atom. The van der Waals surface area contributed by atoms with Gasteiger partial charge in [-0.3, -0.25) is 19.2 Å². The maximum atomic E-state index is 11.8. The fraction of sp³-hybridized carbons (Fsp3) is 0.583. The van der Waals surface area contributed by atoms with Crippen LogP contribution in [0.3, 0.4) is 0 Å². The number of primary amides is 1. The number of hydrogen-bond donors (Lipinski definition) is 7. The predicted octanol–water partition coefficient (Wildman–Crippen LogP) is -3.69. The maximum Gasteiger partial charge on any atom is 0.326 e. The Hall–Kier alpha value is -2.34. The number of carboxylic acid groups (broad SMARTS) is 1. The second-order valence-electron chi connectivity index (χ2n) is 4.69. The lowest BCUT2D eigenvalue weighted by Crippen LogP contribution is -2.52. The average Bonchev–Trinajstić information content (AvgIpc) is 2.53. The first-order valence-corrected chi connectivity index (χ1v) is 7.53. The molecule has 0 aromatic carbocycles. The Kier molecular flexibility index (Phi) is 10.1. The summed E-state index contributed by atoms with van der Waals surface area (Å²) in [6.07, 6.45) is -0.382. The first-order valence-electron chi connectivity index (χ1n) is 6.89. The molecule has 11 nitrogen and oxygen atoms in total. The minimum absolute atomic E-state index is 0.0183. The van der Waals surface area contributed by atoms with Crippen molar-refractivity contribution in [3.8, 4) is 0 Å². The number of thiol groups is 1. The fourth-order valence-corrected chi connectivity index (χ4v) is 1.78. The Bertz CT molecular complexity index is 500. The van der Waals surface area contributed by atoms with Crippen molar-refractivity contribution in [3.05, 3.63) is 0 Å². The van der Waals surface area contributed by atoms with Gasteiger partial charge in [0.05, 0.1) is 13.1 Å². The van der Waals surface area contributed by atoms with Crippen molar-refractivity contribution in [2.45, 2.75) is 24.9 Å². The topological polar surface area (TPSA) is 194 Å². The number of hydrogen-bond acceptors (Lipinski definition) is 7. The molecular weight excluding hydrogens is 342 g/mol. The highest BCUT2D eigenvalue weighted by molar-refractivity contribution is 7.80. The number of aliphatic carboxylic acids is 1. The number of nitrogens with one attached hydrogen (secondary N) is 3. The van der Waals surface area contributed by atoms with Crippen LogP contribution in [0, 0.1) is 0 Å². The van der Waals surface area contributed by atoms with E-state index in [4.69, 9.17) is 16.6 Å². The number of carboxylic acids is 1. The van der Waals surface area contributed by atoms with Gasteiger partial charge in [0, 0.05) is 12.2 Å². The third-order valence-electron chi connectivity index (χ3n) is 2.76. The van der Waals surface area contributed by atoms with Gasteiger partial charge in [-0.25, -0.2) is 4.79 Å². The van der Waals surface area contributed by atoms with Crippen LogP contribution >= 0.6 is 12.6 Å². The van der Waals surface area contributed by atoms with Crippen LogP contribution in [0.1, 0.15) is 12.8 Å². The average molecular weight is 363 g/mol. The van der Waals surface area contributed by atoms with E-state index in [0.29, 0.717) is 0 Å². The largest absolute Gasteiger partial charge is 0.480 e. The summed E-state index contributed by atoms with van der Waals surface area (Å²) >= 11 is 3.90. The van der Waals surface area contributed by atoms with Crippen LogP contribution in [0.2, 0.25) is 0 Å². The lowest BCUT2D eigenvalue weighted by atomic mass is 10.1. The third kappa shape index (κ3) is 8.95. The Morgan fingerprint density at radius 1 is 1.04 bits per heavy atom. The Morgan fingerprint density at radius 2 is 1.62 bits per heavy atom. The molecule has 4 amide bonds. The number of nitrogens with two attached hydrogens (primary N) is 2. The van der Waals surface area contributed by atoms with Gasteiger partial charge in [-0.2, -0.15) is 12.6 Å². The minimum atomic E-state index is -1.33. The molecule has 0 saturated heterocycles. The van der Waals surface area contributed by atoms with Gasteiger partial charge in [-0.1, -0.05) is 0 Å². The second kappa shape index (κ2) is 11.2. The molecule has 2 atom stereocenters. The molecule has 0 fully saturated rings. The van der Waals surface area contributed by atoms with Gasteiger partial charge in [0.15, 0.2) is 0 Å². The molecule has 0 aliphatic rings. The molecule has 136 valence electrons. The lowest BCUT2D eigenvalue weighted by molar-refractivity contribution is -0.142. The Labute approximate surface area is 143 Å². The fourth-order valence-electron chi connectivity index (χ4n) is 1.53. The zero-order chi connectivity index (χ0) is 18.7. The third-order valence-corrected chi connectivity index (χ3v) is 3.12. The first-order chi connectivity index (χ1) is 11.2. The van der Waals surface area contributed by atoms with Gasteiger partial charge >= 0.3 is 5.97 Å². The number of carbonyl (C=O) groups is 5. The molecule has 12 heteroatoms. The van der Waals surface area contributed by atoms with Crippen LogP contribution in [0.25, 0.3) is 0 Å². The van der Waals surface area contributed by atoms with Crippen LogP contribution < -0.4 is 27.4 Å². The molecule has 0 rings (SSSR count). The van der Waals surface area contributed by atoms with Gasteiger partial charge < -0.3 is 32.5 Å². The van der Waals surface area contributed by atoms with E-state index >= 15 is 0 Å². The lowest BCUT2D eigenvalue weighted by Gasteiger charge is -2.17. The predicted molar refractivity (Wildman–Crippen MR) is 85.8 cm³/mol. The molecule has 0 aromatic heterocycles. The van der Waals surface area contributed by atoms with Gasteiger partial charge in [-0.15, -0.1) is 0 Å². The van der Waals surface area contributed by atoms with Crippen molar-refractivity contribution < 1.29 is 29.1 Å². The van der Waals surface area contributed by atoms with E-state index in [-0.39, 0.29) is 25.1 Å². The summed E-state index contributed by atoms with van der Waals surface area (Å²) in [7, 11) is 0. The molecule has 0 bridgehead atoms. The highest BCUT2D eigenvalue weighted by Gasteiger charge is 2.22. The van der Waals surface area contributed by atoms with Crippen molar-refractivity contribution in [1.29, 1.82) is 0 Å². The summed E-state index contributed by atoms with van der Waals surface area (Å²) < 4.78 is 0. The molecule has 0 spiro atoms. The molecule has 0 aromatic rings. The quantitative estimate of drug-likeness (QED) is 0.183. The summed E-state index contributed by atoms with van der Waals surface area (Å²) in [5, 5.41) is 15.6. The molecule has 0 heterocycles. The van der Waals surface area contributed by atoms with Crippen LogP contribution in [-0.2, 0) is 24.0 Å². The van der Waals surface area contributed by atoms with Crippen LogP contribution in [0.5, 0.6) is 0 Å². The van der Waals surface area contributed by atoms with Crippen molar-refractivity contribution in [1.82, 2.24) is 16.0 Å². The molecule has 0 aliphatic heterocycles. The van der Waals surface area contributed by atoms with E-state index < -0.39 is 48.2 Å². The number of rotatable bonds is 11. The van der Waals surface area contributed by atoms with E-state index in [1.807, 2.05) is 0 Å². The summed E-state index contributed by atoms with van der Waals surface area (Å²) in [5.41, 5.74) is 10.0. The van der Waals surface area contributed by atoms with Gasteiger partial charge in [0.25, 0.3) is 0 Å². The van der Waals surface area contributed by atoms with Crippen LogP contribution in [0.4, 0.5) is 0 Å². The monoisotopic (exact) mass is 363 g/mol. The molecule has 8 N–H and O–H groups in total. The van der Waals surface area contributed by atoms with Crippen molar-refractivity contribution in [3.63, 3.8) is 0 Å². The standard InChI is InChI=1S/C12H21N5O6S/c13-3-9(19)17-7(5-24)11(21)15-4-10(20)16-6(12(22)23)1-2-8(14)18/h6-7,24H,1-5,13H2,(H2,14,18)(H,15,21)(H,16,20)(H,17,19)(H,22,23). The first kappa shape index (κ1) is 21.7. The van der Waals surface area contributed by atoms with Crippen LogP contribution in [-0.4, -0.2) is 65.6 Å². The molecule has 0 aliphatic carbocycles. The summed E-state index contributed by atoms with van der Waals surface area (Å²) in [4.78, 5) is 56.2. The molecule has 2 unspecified atom stereocenters. The molecule has 0 saturated carbocycles. The highest BCUT2D eigenvalue weighted by atomic mass is 32.1.